The van der Waals surface area contributed by atoms with Gasteiger partial charge in [0.15, 0.2) is 0 Å². The highest BCUT2D eigenvalue weighted by molar-refractivity contribution is 5.85. The van der Waals surface area contributed by atoms with E-state index in [-0.39, 0.29) is 11.9 Å². The highest BCUT2D eigenvalue weighted by atomic mass is 16.3. The molecule has 0 bridgehead atoms. The van der Waals surface area contributed by atoms with E-state index in [0.29, 0.717) is 13.0 Å². The number of carbonyl (C=O) groups excluding carboxylic acids is 1. The van der Waals surface area contributed by atoms with Crippen molar-refractivity contribution in [1.82, 2.24) is 10.6 Å². The van der Waals surface area contributed by atoms with Crippen molar-refractivity contribution in [2.24, 2.45) is 0 Å². The van der Waals surface area contributed by atoms with E-state index in [9.17, 15) is 4.79 Å². The van der Waals surface area contributed by atoms with Crippen molar-refractivity contribution >= 4 is 16.9 Å². The maximum absolute atomic E-state index is 11.6. The predicted molar refractivity (Wildman–Crippen MR) is 69.3 cm³/mol. The first kappa shape index (κ1) is 11.3. The number of benzene rings is 1. The van der Waals surface area contributed by atoms with E-state index < -0.39 is 0 Å². The minimum atomic E-state index is 0.0375. The quantitative estimate of drug-likeness (QED) is 0.805. The lowest BCUT2D eigenvalue weighted by Gasteiger charge is -2.12. The van der Waals surface area contributed by atoms with Crippen LogP contribution in [0, 0.1) is 6.92 Å². The first-order valence-corrected chi connectivity index (χ1v) is 6.22. The fourth-order valence-electron chi connectivity index (χ4n) is 2.49. The van der Waals surface area contributed by atoms with Gasteiger partial charge in [-0.15, -0.1) is 0 Å². The summed E-state index contributed by atoms with van der Waals surface area (Å²) in [6, 6.07) is 6.14. The lowest BCUT2D eigenvalue weighted by molar-refractivity contribution is -0.121. The molecule has 2 heterocycles. The summed E-state index contributed by atoms with van der Waals surface area (Å²) in [6.07, 6.45) is 2.23. The zero-order valence-corrected chi connectivity index (χ0v) is 10.3. The Morgan fingerprint density at radius 1 is 1.33 bits per heavy atom. The molecule has 2 aromatic rings. The van der Waals surface area contributed by atoms with Crippen LogP contribution in [0.4, 0.5) is 0 Å². The molecule has 94 valence electrons. The third kappa shape index (κ3) is 1.88. The predicted octanol–water partition coefficient (Wildman–Crippen LogP) is 1.89. The minimum Gasteiger partial charge on any atom is -0.464 e. The van der Waals surface area contributed by atoms with Crippen molar-refractivity contribution < 1.29 is 9.21 Å². The summed E-state index contributed by atoms with van der Waals surface area (Å²) < 4.78 is 5.64. The molecule has 1 amide bonds. The van der Waals surface area contributed by atoms with Crippen LogP contribution >= 0.6 is 0 Å². The van der Waals surface area contributed by atoms with E-state index in [2.05, 4.69) is 10.6 Å². The standard InChI is InChI=1S/C14H16N2O2/c1-9-3-2-4-10-11(8-18-14(9)10)12-7-13(17)16-6-5-15-12/h2-4,8,12,15H,5-7H2,1H3,(H,16,17). The van der Waals surface area contributed by atoms with E-state index in [1.807, 2.05) is 25.1 Å². The number of fused-ring (bicyclic) bond motifs is 1. The molecule has 1 fully saturated rings. The van der Waals surface area contributed by atoms with E-state index >= 15 is 0 Å². The van der Waals surface area contributed by atoms with E-state index in [1.54, 1.807) is 6.26 Å². The van der Waals surface area contributed by atoms with Crippen molar-refractivity contribution in [3.05, 3.63) is 35.6 Å². The van der Waals surface area contributed by atoms with Gasteiger partial charge in [-0.25, -0.2) is 0 Å². The van der Waals surface area contributed by atoms with Gasteiger partial charge < -0.3 is 15.1 Å². The molecule has 3 rings (SSSR count). The van der Waals surface area contributed by atoms with Gasteiger partial charge in [0.25, 0.3) is 0 Å². The minimum absolute atomic E-state index is 0.0375. The average molecular weight is 244 g/mol. The number of aryl methyl sites for hydroxylation is 1. The summed E-state index contributed by atoms with van der Waals surface area (Å²) in [4.78, 5) is 11.6. The monoisotopic (exact) mass is 244 g/mol. The Kier molecular flexibility index (Phi) is 2.80. The fraction of sp³-hybridized carbons (Fsp3) is 0.357. The van der Waals surface area contributed by atoms with Crippen molar-refractivity contribution in [2.75, 3.05) is 13.1 Å². The molecule has 0 saturated carbocycles. The lowest BCUT2D eigenvalue weighted by atomic mass is 10.0. The van der Waals surface area contributed by atoms with Crippen LogP contribution in [0.5, 0.6) is 0 Å². The normalized spacial score (nSPS) is 20.7. The van der Waals surface area contributed by atoms with E-state index in [0.717, 1.165) is 28.6 Å². The molecule has 18 heavy (non-hydrogen) atoms. The van der Waals surface area contributed by atoms with Crippen molar-refractivity contribution in [3.63, 3.8) is 0 Å². The van der Waals surface area contributed by atoms with E-state index in [4.69, 9.17) is 4.42 Å². The van der Waals surface area contributed by atoms with Gasteiger partial charge >= 0.3 is 0 Å². The topological polar surface area (TPSA) is 54.3 Å². The summed E-state index contributed by atoms with van der Waals surface area (Å²) >= 11 is 0. The second-order valence-corrected chi connectivity index (χ2v) is 4.70. The molecule has 1 aromatic carbocycles. The maximum atomic E-state index is 11.6. The van der Waals surface area contributed by atoms with Gasteiger partial charge in [0.2, 0.25) is 5.91 Å². The van der Waals surface area contributed by atoms with Gasteiger partial charge in [-0.2, -0.15) is 0 Å². The molecule has 1 aliphatic heterocycles. The molecule has 1 atom stereocenters. The van der Waals surface area contributed by atoms with Crippen LogP contribution in [0.3, 0.4) is 0 Å². The van der Waals surface area contributed by atoms with Crippen LogP contribution in [0.1, 0.15) is 23.6 Å². The largest absolute Gasteiger partial charge is 0.464 e. The summed E-state index contributed by atoms with van der Waals surface area (Å²) in [5.74, 6) is 0.0898. The molecule has 1 unspecified atom stereocenters. The maximum Gasteiger partial charge on any atom is 0.221 e. The highest BCUT2D eigenvalue weighted by Gasteiger charge is 2.22. The number of para-hydroxylation sites is 1. The zero-order valence-electron chi connectivity index (χ0n) is 10.3. The Balaban J connectivity index is 2.03. The van der Waals surface area contributed by atoms with Crippen LogP contribution in [-0.4, -0.2) is 19.0 Å². The number of rotatable bonds is 1. The third-order valence-electron chi connectivity index (χ3n) is 3.43. The SMILES string of the molecule is Cc1cccc2c(C3CC(=O)NCCN3)coc12. The molecule has 1 aliphatic rings. The number of carbonyl (C=O) groups is 1. The Hall–Kier alpha value is -1.81. The number of furan rings is 1. The summed E-state index contributed by atoms with van der Waals surface area (Å²) in [7, 11) is 0. The van der Waals surface area contributed by atoms with Gasteiger partial charge in [-0.05, 0) is 12.5 Å². The smallest absolute Gasteiger partial charge is 0.221 e. The Morgan fingerprint density at radius 3 is 3.11 bits per heavy atom. The highest BCUT2D eigenvalue weighted by Crippen LogP contribution is 2.30. The molecule has 0 radical (unpaired) electrons. The summed E-state index contributed by atoms with van der Waals surface area (Å²) in [6.45, 7) is 3.50. The number of hydrogen-bond acceptors (Lipinski definition) is 3. The molecule has 2 N–H and O–H groups in total. The van der Waals surface area contributed by atoms with Gasteiger partial charge in [0.05, 0.1) is 6.26 Å². The van der Waals surface area contributed by atoms with Crippen molar-refractivity contribution in [1.29, 1.82) is 0 Å². The van der Waals surface area contributed by atoms with Crippen LogP contribution in [-0.2, 0) is 4.79 Å². The second kappa shape index (κ2) is 4.46. The first-order valence-electron chi connectivity index (χ1n) is 6.22. The molecular weight excluding hydrogens is 228 g/mol. The zero-order chi connectivity index (χ0) is 12.5. The number of amides is 1. The Morgan fingerprint density at radius 2 is 2.22 bits per heavy atom. The molecule has 1 saturated heterocycles. The first-order chi connectivity index (χ1) is 8.75. The number of hydrogen-bond donors (Lipinski definition) is 2. The van der Waals surface area contributed by atoms with Crippen LogP contribution in [0.25, 0.3) is 11.0 Å². The van der Waals surface area contributed by atoms with Crippen molar-refractivity contribution in [3.8, 4) is 0 Å². The van der Waals surface area contributed by atoms with E-state index in [1.165, 1.54) is 0 Å². The van der Waals surface area contributed by atoms with Crippen LogP contribution in [0.2, 0.25) is 0 Å². The van der Waals surface area contributed by atoms with Crippen molar-refractivity contribution in [2.45, 2.75) is 19.4 Å². The molecule has 0 spiro atoms. The Labute approximate surface area is 105 Å². The lowest BCUT2D eigenvalue weighted by Crippen LogP contribution is -2.24. The molecule has 0 aliphatic carbocycles. The van der Waals surface area contributed by atoms with Gasteiger partial charge in [0.1, 0.15) is 5.58 Å². The summed E-state index contributed by atoms with van der Waals surface area (Å²) in [5.41, 5.74) is 3.11. The molecule has 1 aromatic heterocycles. The third-order valence-corrected chi connectivity index (χ3v) is 3.43. The molecule has 4 nitrogen and oxygen atoms in total. The average Bonchev–Trinajstić information content (AvgIpc) is 2.67. The summed E-state index contributed by atoms with van der Waals surface area (Å²) in [5, 5.41) is 7.35. The second-order valence-electron chi connectivity index (χ2n) is 4.70. The van der Waals surface area contributed by atoms with Gasteiger partial charge in [-0.3, -0.25) is 4.79 Å². The van der Waals surface area contributed by atoms with Gasteiger partial charge in [0, 0.05) is 36.5 Å². The fourth-order valence-corrected chi connectivity index (χ4v) is 2.49. The Bertz CT molecular complexity index is 588. The van der Waals surface area contributed by atoms with Gasteiger partial charge in [-0.1, -0.05) is 18.2 Å². The number of nitrogens with one attached hydrogen (secondary N) is 2. The molecule has 4 heteroatoms. The van der Waals surface area contributed by atoms with Crippen LogP contribution < -0.4 is 10.6 Å². The van der Waals surface area contributed by atoms with Crippen LogP contribution in [0.15, 0.2) is 28.9 Å². The molecular formula is C14H16N2O2.